The summed E-state index contributed by atoms with van der Waals surface area (Å²) < 4.78 is 1.92. The van der Waals surface area contributed by atoms with Crippen molar-refractivity contribution in [1.29, 1.82) is 0 Å². The summed E-state index contributed by atoms with van der Waals surface area (Å²) in [6.45, 7) is 5.83. The van der Waals surface area contributed by atoms with E-state index in [-0.39, 0.29) is 0 Å². The Morgan fingerprint density at radius 3 is 2.73 bits per heavy atom. The molecule has 15 heavy (non-hydrogen) atoms. The third-order valence-corrected chi connectivity index (χ3v) is 2.65. The first-order chi connectivity index (χ1) is 7.11. The summed E-state index contributed by atoms with van der Waals surface area (Å²) in [6, 6.07) is 0. The molecule has 1 rings (SSSR count). The van der Waals surface area contributed by atoms with E-state index < -0.39 is 0 Å². The highest BCUT2D eigenvalue weighted by Crippen LogP contribution is 2.12. The van der Waals surface area contributed by atoms with E-state index in [2.05, 4.69) is 29.4 Å². The highest BCUT2D eigenvalue weighted by molar-refractivity contribution is 6.31. The van der Waals surface area contributed by atoms with Crippen molar-refractivity contribution < 1.29 is 0 Å². The molecule has 4 nitrogen and oxygen atoms in total. The monoisotopic (exact) mass is 230 g/mol. The maximum Gasteiger partial charge on any atom is 0.0814 e. The Labute approximate surface area is 96.2 Å². The zero-order chi connectivity index (χ0) is 11.3. The highest BCUT2D eigenvalue weighted by atomic mass is 35.5. The van der Waals surface area contributed by atoms with Crippen LogP contribution in [0.5, 0.6) is 0 Å². The third kappa shape index (κ3) is 4.20. The van der Waals surface area contributed by atoms with Gasteiger partial charge in [0.25, 0.3) is 0 Å². The van der Waals surface area contributed by atoms with E-state index in [0.717, 1.165) is 36.9 Å². The number of hydrogen-bond donors (Lipinski definition) is 1. The Balaban J connectivity index is 2.18. The Morgan fingerprint density at radius 2 is 2.20 bits per heavy atom. The first-order valence-electron chi connectivity index (χ1n) is 5.14. The lowest BCUT2D eigenvalue weighted by Gasteiger charge is -2.10. The number of nitrogens with zero attached hydrogens (tertiary/aromatic N) is 3. The summed E-state index contributed by atoms with van der Waals surface area (Å²) in [7, 11) is 4.14. The van der Waals surface area contributed by atoms with E-state index in [1.807, 2.05) is 11.6 Å². The normalized spacial score (nSPS) is 11.3. The molecule has 0 saturated carbocycles. The van der Waals surface area contributed by atoms with Gasteiger partial charge in [0.15, 0.2) is 0 Å². The predicted molar refractivity (Wildman–Crippen MR) is 63.4 cm³/mol. The fourth-order valence-corrected chi connectivity index (χ4v) is 1.40. The minimum absolute atomic E-state index is 0.739. The van der Waals surface area contributed by atoms with Crippen LogP contribution in [-0.2, 0) is 6.54 Å². The van der Waals surface area contributed by atoms with Crippen molar-refractivity contribution in [3.05, 3.63) is 16.9 Å². The van der Waals surface area contributed by atoms with Gasteiger partial charge in [-0.1, -0.05) is 11.6 Å². The predicted octanol–water partition coefficient (Wildman–Crippen LogP) is 0.996. The van der Waals surface area contributed by atoms with E-state index in [1.54, 1.807) is 6.20 Å². The molecule has 0 aliphatic carbocycles. The lowest BCUT2D eigenvalue weighted by atomic mass is 10.4. The third-order valence-electron chi connectivity index (χ3n) is 2.28. The van der Waals surface area contributed by atoms with Crippen molar-refractivity contribution in [3.63, 3.8) is 0 Å². The zero-order valence-electron chi connectivity index (χ0n) is 9.63. The first kappa shape index (κ1) is 12.5. The van der Waals surface area contributed by atoms with Crippen molar-refractivity contribution in [2.75, 3.05) is 33.7 Å². The number of nitrogens with one attached hydrogen (secondary N) is 1. The molecule has 0 aliphatic heterocycles. The molecule has 0 unspecified atom stereocenters. The standard InChI is InChI=1S/C10H19ClN4/c1-9-10(11)8-13-15(9)7-5-12-4-6-14(2)3/h8,12H,4-7H2,1-3H3. The van der Waals surface area contributed by atoms with Crippen LogP contribution in [0.4, 0.5) is 0 Å². The Bertz CT molecular complexity index is 296. The van der Waals surface area contributed by atoms with Gasteiger partial charge in [-0.15, -0.1) is 0 Å². The summed E-state index contributed by atoms with van der Waals surface area (Å²) in [6.07, 6.45) is 1.69. The zero-order valence-corrected chi connectivity index (χ0v) is 10.4. The molecule has 0 aliphatic rings. The second kappa shape index (κ2) is 6.10. The number of rotatable bonds is 6. The molecular formula is C10H19ClN4. The maximum absolute atomic E-state index is 5.90. The van der Waals surface area contributed by atoms with Gasteiger partial charge in [-0.2, -0.15) is 5.10 Å². The van der Waals surface area contributed by atoms with Crippen LogP contribution in [0.3, 0.4) is 0 Å². The molecule has 1 aromatic heterocycles. The molecule has 5 heteroatoms. The Morgan fingerprint density at radius 1 is 1.47 bits per heavy atom. The highest BCUT2D eigenvalue weighted by Gasteiger charge is 2.02. The second-order valence-corrected chi connectivity index (χ2v) is 4.26. The van der Waals surface area contributed by atoms with Crippen LogP contribution in [0.15, 0.2) is 6.20 Å². The van der Waals surface area contributed by atoms with Crippen LogP contribution in [-0.4, -0.2) is 48.4 Å². The van der Waals surface area contributed by atoms with E-state index >= 15 is 0 Å². The molecule has 0 radical (unpaired) electrons. The van der Waals surface area contributed by atoms with Gasteiger partial charge in [0.1, 0.15) is 0 Å². The van der Waals surface area contributed by atoms with E-state index in [0.29, 0.717) is 0 Å². The summed E-state index contributed by atoms with van der Waals surface area (Å²) in [4.78, 5) is 2.16. The Hall–Kier alpha value is -0.580. The lowest BCUT2D eigenvalue weighted by molar-refractivity contribution is 0.396. The van der Waals surface area contributed by atoms with Gasteiger partial charge in [-0.25, -0.2) is 0 Å². The fraction of sp³-hybridized carbons (Fsp3) is 0.700. The van der Waals surface area contributed by atoms with Crippen molar-refractivity contribution in [2.45, 2.75) is 13.5 Å². The van der Waals surface area contributed by atoms with E-state index in [1.165, 1.54) is 0 Å². The molecule has 0 aromatic carbocycles. The molecule has 1 aromatic rings. The van der Waals surface area contributed by atoms with Crippen molar-refractivity contribution in [2.24, 2.45) is 0 Å². The average molecular weight is 231 g/mol. The minimum atomic E-state index is 0.739. The minimum Gasteiger partial charge on any atom is -0.314 e. The smallest absolute Gasteiger partial charge is 0.0814 e. The van der Waals surface area contributed by atoms with Gasteiger partial charge in [0, 0.05) is 19.6 Å². The summed E-state index contributed by atoms with van der Waals surface area (Å²) in [5.74, 6) is 0. The van der Waals surface area contributed by atoms with Gasteiger partial charge in [-0.05, 0) is 21.0 Å². The number of halogens is 1. The summed E-state index contributed by atoms with van der Waals surface area (Å²) in [5, 5.41) is 8.28. The average Bonchev–Trinajstić information content (AvgIpc) is 2.48. The molecular weight excluding hydrogens is 212 g/mol. The number of likely N-dealkylation sites (N-methyl/N-ethyl adjacent to an activating group) is 1. The van der Waals surface area contributed by atoms with Crippen LogP contribution in [0, 0.1) is 6.92 Å². The summed E-state index contributed by atoms with van der Waals surface area (Å²) >= 11 is 5.90. The number of aromatic nitrogens is 2. The lowest BCUT2D eigenvalue weighted by Crippen LogP contribution is -2.29. The molecule has 0 spiro atoms. The SMILES string of the molecule is Cc1c(Cl)cnn1CCNCCN(C)C. The van der Waals surface area contributed by atoms with Gasteiger partial charge in [-0.3, -0.25) is 4.68 Å². The van der Waals surface area contributed by atoms with Crippen molar-refractivity contribution in [3.8, 4) is 0 Å². The van der Waals surface area contributed by atoms with Gasteiger partial charge >= 0.3 is 0 Å². The quantitative estimate of drug-likeness (QED) is 0.741. The second-order valence-electron chi connectivity index (χ2n) is 3.85. The van der Waals surface area contributed by atoms with Crippen LogP contribution in [0.25, 0.3) is 0 Å². The summed E-state index contributed by atoms with van der Waals surface area (Å²) in [5.41, 5.74) is 1.03. The largest absolute Gasteiger partial charge is 0.314 e. The molecule has 0 bridgehead atoms. The van der Waals surface area contributed by atoms with Crippen LogP contribution in [0.2, 0.25) is 5.02 Å². The molecule has 1 N–H and O–H groups in total. The maximum atomic E-state index is 5.90. The molecule has 0 atom stereocenters. The van der Waals surface area contributed by atoms with Crippen molar-refractivity contribution in [1.82, 2.24) is 20.0 Å². The number of hydrogen-bond acceptors (Lipinski definition) is 3. The fourth-order valence-electron chi connectivity index (χ4n) is 1.26. The van der Waals surface area contributed by atoms with Gasteiger partial charge in [0.05, 0.1) is 23.5 Å². The topological polar surface area (TPSA) is 33.1 Å². The van der Waals surface area contributed by atoms with Crippen LogP contribution >= 0.6 is 11.6 Å². The van der Waals surface area contributed by atoms with E-state index in [4.69, 9.17) is 11.6 Å². The molecule has 0 fully saturated rings. The molecule has 0 amide bonds. The molecule has 86 valence electrons. The Kier molecular flexibility index (Phi) is 5.08. The van der Waals surface area contributed by atoms with Crippen LogP contribution < -0.4 is 5.32 Å². The molecule has 0 saturated heterocycles. The van der Waals surface area contributed by atoms with Crippen LogP contribution in [0.1, 0.15) is 5.69 Å². The van der Waals surface area contributed by atoms with Gasteiger partial charge < -0.3 is 10.2 Å². The van der Waals surface area contributed by atoms with E-state index in [9.17, 15) is 0 Å². The first-order valence-corrected chi connectivity index (χ1v) is 5.52. The molecule has 1 heterocycles. The van der Waals surface area contributed by atoms with Gasteiger partial charge in [0.2, 0.25) is 0 Å². The van der Waals surface area contributed by atoms with Crippen molar-refractivity contribution >= 4 is 11.6 Å².